The number of pyridine rings is 1. The predicted octanol–water partition coefficient (Wildman–Crippen LogP) is 1.72. The lowest BCUT2D eigenvalue weighted by Gasteiger charge is -2.04. The van der Waals surface area contributed by atoms with Gasteiger partial charge in [-0.2, -0.15) is 4.99 Å². The fourth-order valence-electron chi connectivity index (χ4n) is 2.08. The zero-order valence-corrected chi connectivity index (χ0v) is 12.9. The number of aliphatic imine (C=N–C) groups is 1. The number of rotatable bonds is 2. The Hall–Kier alpha value is -2.41. The molecule has 1 aliphatic rings. The zero-order valence-electron chi connectivity index (χ0n) is 12.2. The molecule has 1 aliphatic heterocycles. The van der Waals surface area contributed by atoms with Crippen molar-refractivity contribution in [3.05, 3.63) is 29.2 Å². The highest BCUT2D eigenvalue weighted by Gasteiger charge is 2.21. The van der Waals surface area contributed by atoms with Crippen LogP contribution in [0.4, 0.5) is 0 Å². The normalized spacial score (nSPS) is 13.2. The molecule has 0 bridgehead atoms. The Labute approximate surface area is 132 Å². The van der Waals surface area contributed by atoms with E-state index in [0.717, 1.165) is 0 Å². The molecular formula is C14H14ClN5O2. The number of ether oxygens (including phenoxy) is 1. The van der Waals surface area contributed by atoms with Crippen molar-refractivity contribution in [2.45, 2.75) is 6.54 Å². The van der Waals surface area contributed by atoms with E-state index in [1.54, 1.807) is 31.3 Å². The van der Waals surface area contributed by atoms with E-state index in [2.05, 4.69) is 15.0 Å². The molecule has 7 nitrogen and oxygen atoms in total. The molecule has 0 fully saturated rings. The van der Waals surface area contributed by atoms with E-state index in [4.69, 9.17) is 16.3 Å². The summed E-state index contributed by atoms with van der Waals surface area (Å²) in [5, 5.41) is 0.484. The smallest absolute Gasteiger partial charge is 0.298 e. The Morgan fingerprint density at radius 1 is 1.55 bits per heavy atom. The van der Waals surface area contributed by atoms with Gasteiger partial charge >= 0.3 is 0 Å². The molecule has 22 heavy (non-hydrogen) atoms. The molecule has 1 amide bonds. The first kappa shape index (κ1) is 14.5. The van der Waals surface area contributed by atoms with Crippen LogP contribution < -0.4 is 4.74 Å². The Morgan fingerprint density at radius 2 is 2.36 bits per heavy atom. The Balaban J connectivity index is 2.02. The van der Waals surface area contributed by atoms with Gasteiger partial charge in [-0.1, -0.05) is 11.6 Å². The second-order valence-corrected chi connectivity index (χ2v) is 5.45. The van der Waals surface area contributed by atoms with Crippen molar-refractivity contribution in [3.63, 3.8) is 0 Å². The lowest BCUT2D eigenvalue weighted by molar-refractivity contribution is 0.0998. The maximum Gasteiger partial charge on any atom is 0.298 e. The van der Waals surface area contributed by atoms with Gasteiger partial charge in [-0.25, -0.2) is 9.97 Å². The van der Waals surface area contributed by atoms with E-state index in [0.29, 0.717) is 35.4 Å². The number of carbonyl (C=O) groups is 1. The molecule has 0 aromatic carbocycles. The third-order valence-corrected chi connectivity index (χ3v) is 3.24. The minimum atomic E-state index is -0.397. The van der Waals surface area contributed by atoms with E-state index in [1.165, 1.54) is 12.5 Å². The number of imidazole rings is 1. The minimum Gasteiger partial charge on any atom is -0.475 e. The van der Waals surface area contributed by atoms with Gasteiger partial charge in [0.2, 0.25) is 5.88 Å². The summed E-state index contributed by atoms with van der Waals surface area (Å²) in [6.45, 7) is 1.01. The summed E-state index contributed by atoms with van der Waals surface area (Å²) < 4.78 is 7.42. The average Bonchev–Trinajstić information content (AvgIpc) is 2.83. The highest BCUT2D eigenvalue weighted by atomic mass is 35.5. The minimum absolute atomic E-state index is 0.279. The SMILES string of the molecule is CN(C)/C=N/C(=O)c1cn2c(n1)-c1cc(Cl)cnc1OCC2. The van der Waals surface area contributed by atoms with Crippen LogP contribution in [0.25, 0.3) is 11.4 Å². The molecule has 2 aromatic heterocycles. The molecule has 2 aromatic rings. The van der Waals surface area contributed by atoms with Gasteiger partial charge < -0.3 is 14.2 Å². The molecule has 0 saturated heterocycles. The Kier molecular flexibility index (Phi) is 3.81. The van der Waals surface area contributed by atoms with Crippen LogP contribution in [0.2, 0.25) is 5.02 Å². The number of amides is 1. The van der Waals surface area contributed by atoms with Crippen LogP contribution in [0.1, 0.15) is 10.5 Å². The summed E-state index contributed by atoms with van der Waals surface area (Å²) >= 11 is 6.00. The maximum atomic E-state index is 12.1. The first-order chi connectivity index (χ1) is 10.5. The van der Waals surface area contributed by atoms with Crippen LogP contribution in [-0.2, 0) is 6.54 Å². The second-order valence-electron chi connectivity index (χ2n) is 5.01. The average molecular weight is 320 g/mol. The summed E-state index contributed by atoms with van der Waals surface area (Å²) in [6, 6.07) is 1.73. The van der Waals surface area contributed by atoms with Gasteiger partial charge in [-0.05, 0) is 6.07 Å². The van der Waals surface area contributed by atoms with Crippen LogP contribution in [0.5, 0.6) is 5.88 Å². The molecule has 0 saturated carbocycles. The molecule has 0 aliphatic carbocycles. The van der Waals surface area contributed by atoms with Crippen molar-refractivity contribution in [2.75, 3.05) is 20.7 Å². The maximum absolute atomic E-state index is 12.1. The zero-order chi connectivity index (χ0) is 15.7. The molecule has 8 heteroatoms. The third kappa shape index (κ3) is 2.80. The van der Waals surface area contributed by atoms with Crippen molar-refractivity contribution < 1.29 is 9.53 Å². The van der Waals surface area contributed by atoms with Crippen molar-refractivity contribution in [1.82, 2.24) is 19.4 Å². The van der Waals surface area contributed by atoms with Crippen LogP contribution in [0, 0.1) is 0 Å². The van der Waals surface area contributed by atoms with Crippen molar-refractivity contribution in [3.8, 4) is 17.3 Å². The fraction of sp³-hybridized carbons (Fsp3) is 0.286. The highest BCUT2D eigenvalue weighted by molar-refractivity contribution is 6.30. The molecule has 3 rings (SSSR count). The van der Waals surface area contributed by atoms with Gasteiger partial charge in [0.05, 0.1) is 23.5 Å². The van der Waals surface area contributed by atoms with Gasteiger partial charge in [0.15, 0.2) is 0 Å². The quantitative estimate of drug-likeness (QED) is 0.622. The molecule has 114 valence electrons. The lowest BCUT2D eigenvalue weighted by atomic mass is 10.2. The van der Waals surface area contributed by atoms with Crippen LogP contribution >= 0.6 is 11.6 Å². The van der Waals surface area contributed by atoms with Crippen molar-refractivity contribution in [1.29, 1.82) is 0 Å². The van der Waals surface area contributed by atoms with Gasteiger partial charge in [-0.3, -0.25) is 4.79 Å². The van der Waals surface area contributed by atoms with Gasteiger partial charge in [0.1, 0.15) is 18.1 Å². The van der Waals surface area contributed by atoms with E-state index in [9.17, 15) is 4.79 Å². The first-order valence-electron chi connectivity index (χ1n) is 6.65. The Morgan fingerprint density at radius 3 is 3.14 bits per heavy atom. The molecule has 0 atom stereocenters. The molecule has 3 heterocycles. The summed E-state index contributed by atoms with van der Waals surface area (Å²) in [5.41, 5.74) is 0.946. The summed E-state index contributed by atoms with van der Waals surface area (Å²) in [7, 11) is 3.58. The van der Waals surface area contributed by atoms with E-state index >= 15 is 0 Å². The van der Waals surface area contributed by atoms with Crippen molar-refractivity contribution in [2.24, 2.45) is 4.99 Å². The third-order valence-electron chi connectivity index (χ3n) is 3.03. The number of hydrogen-bond acceptors (Lipinski definition) is 4. The standard InChI is InChI=1S/C14H14ClN5O2/c1-19(2)8-17-13(21)11-7-20-3-4-22-14-10(12(20)18-11)5-9(15)6-16-14/h5-8H,3-4H2,1-2H3/b17-8+. The van der Waals surface area contributed by atoms with Gasteiger partial charge in [0, 0.05) is 26.5 Å². The summed E-state index contributed by atoms with van der Waals surface area (Å²) in [4.78, 5) is 26.1. The molecule has 0 N–H and O–H groups in total. The van der Waals surface area contributed by atoms with Crippen molar-refractivity contribution >= 4 is 23.8 Å². The number of carbonyl (C=O) groups excluding carboxylic acids is 1. The van der Waals surface area contributed by atoms with Gasteiger partial charge in [-0.15, -0.1) is 0 Å². The van der Waals surface area contributed by atoms with E-state index in [1.807, 2.05) is 4.57 Å². The summed E-state index contributed by atoms with van der Waals surface area (Å²) in [5.74, 6) is 0.669. The molecule has 0 unspecified atom stereocenters. The van der Waals surface area contributed by atoms with Crippen LogP contribution in [0.15, 0.2) is 23.5 Å². The predicted molar refractivity (Wildman–Crippen MR) is 82.5 cm³/mol. The van der Waals surface area contributed by atoms with Crippen LogP contribution in [-0.4, -0.2) is 52.4 Å². The van der Waals surface area contributed by atoms with E-state index < -0.39 is 5.91 Å². The van der Waals surface area contributed by atoms with Crippen LogP contribution in [0.3, 0.4) is 0 Å². The number of aromatic nitrogens is 3. The fourth-order valence-corrected chi connectivity index (χ4v) is 2.24. The topological polar surface area (TPSA) is 72.6 Å². The number of nitrogens with zero attached hydrogens (tertiary/aromatic N) is 5. The first-order valence-corrected chi connectivity index (χ1v) is 7.03. The monoisotopic (exact) mass is 319 g/mol. The summed E-state index contributed by atoms with van der Waals surface area (Å²) in [6.07, 6.45) is 4.64. The van der Waals surface area contributed by atoms with Gasteiger partial charge in [0.25, 0.3) is 5.91 Å². The Bertz CT molecular complexity index is 754. The second kappa shape index (κ2) is 5.76. The number of halogens is 1. The lowest BCUT2D eigenvalue weighted by Crippen LogP contribution is -2.10. The molecular weight excluding hydrogens is 306 g/mol. The van der Waals surface area contributed by atoms with E-state index in [-0.39, 0.29) is 5.69 Å². The molecule has 0 radical (unpaired) electrons. The highest BCUT2D eigenvalue weighted by Crippen LogP contribution is 2.32. The molecule has 0 spiro atoms. The number of hydrogen-bond donors (Lipinski definition) is 0. The largest absolute Gasteiger partial charge is 0.475 e. The number of fused-ring (bicyclic) bond motifs is 3.